The fourth-order valence-corrected chi connectivity index (χ4v) is 5.60. The maximum atomic E-state index is 14.8. The molecule has 0 amide bonds. The Bertz CT molecular complexity index is 2180. The average molecular weight is 610 g/mol. The molecule has 0 saturated heterocycles. The Morgan fingerprint density at radius 1 is 0.913 bits per heavy atom. The average Bonchev–Trinajstić information content (AvgIpc) is 3.69. The zero-order valence-corrected chi connectivity index (χ0v) is 25.5. The lowest BCUT2D eigenvalue weighted by molar-refractivity contribution is 0.400. The van der Waals surface area contributed by atoms with Crippen molar-refractivity contribution in [2.24, 2.45) is 0 Å². The van der Waals surface area contributed by atoms with E-state index in [-0.39, 0.29) is 5.82 Å². The molecule has 9 nitrogen and oxygen atoms in total. The van der Waals surface area contributed by atoms with Crippen molar-refractivity contribution in [2.45, 2.75) is 12.8 Å². The van der Waals surface area contributed by atoms with Crippen LogP contribution in [-0.2, 0) is 6.42 Å². The number of H-pyrrole nitrogens is 2. The van der Waals surface area contributed by atoms with Gasteiger partial charge in [0.25, 0.3) is 0 Å². The molecule has 0 radical (unpaired) electrons. The van der Waals surface area contributed by atoms with Gasteiger partial charge in [-0.15, -0.1) is 0 Å². The standard InChI is InChI=1S/C36H32FN9/c1-22(24-9-5-4-6-10-24)41-29-17-26(19-38-21-29)27-18-31-33(44-45-34(31)40-20-27)36-42-32-30(11-12-39-35(32)43-36)25-14-23(15-28(37)16-25)8-7-13-46(2)3/h4-6,9-12,14-21,41H,1,7-8,13H2,2-3H3,(H,39,42,43)(H,40,44,45). The van der Waals surface area contributed by atoms with E-state index in [2.05, 4.69) is 46.9 Å². The normalized spacial score (nSPS) is 11.5. The van der Waals surface area contributed by atoms with Gasteiger partial charge in [0, 0.05) is 41.0 Å². The molecule has 5 heterocycles. The molecule has 46 heavy (non-hydrogen) atoms. The van der Waals surface area contributed by atoms with Crippen LogP contribution >= 0.6 is 0 Å². The van der Waals surface area contributed by atoms with Crippen molar-refractivity contribution in [2.75, 3.05) is 26.0 Å². The topological polar surface area (TPSA) is 111 Å². The quantitative estimate of drug-likeness (QED) is 0.149. The Labute approximate surface area is 265 Å². The number of pyridine rings is 3. The third-order valence-corrected chi connectivity index (χ3v) is 7.85. The number of nitrogens with zero attached hydrogens (tertiary/aromatic N) is 6. The highest BCUT2D eigenvalue weighted by Gasteiger charge is 2.18. The molecule has 0 unspecified atom stereocenters. The first kappa shape index (κ1) is 29.0. The summed E-state index contributed by atoms with van der Waals surface area (Å²) >= 11 is 0. The van der Waals surface area contributed by atoms with Gasteiger partial charge in [-0.3, -0.25) is 10.1 Å². The molecular formula is C36H32FN9. The van der Waals surface area contributed by atoms with E-state index >= 15 is 0 Å². The molecular weight excluding hydrogens is 577 g/mol. The Morgan fingerprint density at radius 2 is 1.76 bits per heavy atom. The summed E-state index contributed by atoms with van der Waals surface area (Å²) in [6, 6.07) is 21.0. The van der Waals surface area contributed by atoms with E-state index in [4.69, 9.17) is 4.98 Å². The summed E-state index contributed by atoms with van der Waals surface area (Å²) in [5.41, 5.74) is 9.32. The van der Waals surface area contributed by atoms with Gasteiger partial charge in [0.1, 0.15) is 17.0 Å². The highest BCUT2D eigenvalue weighted by Crippen LogP contribution is 2.33. The molecule has 10 heteroatoms. The smallest absolute Gasteiger partial charge is 0.161 e. The van der Waals surface area contributed by atoms with Crippen molar-refractivity contribution in [1.82, 2.24) is 40.0 Å². The lowest BCUT2D eigenvalue weighted by atomic mass is 10.0. The van der Waals surface area contributed by atoms with Gasteiger partial charge in [-0.25, -0.2) is 19.3 Å². The first-order chi connectivity index (χ1) is 22.4. The third kappa shape index (κ3) is 5.98. The predicted molar refractivity (Wildman–Crippen MR) is 181 cm³/mol. The second kappa shape index (κ2) is 12.3. The summed E-state index contributed by atoms with van der Waals surface area (Å²) in [6.45, 7) is 5.11. The number of aromatic amines is 2. The zero-order chi connectivity index (χ0) is 31.6. The maximum absolute atomic E-state index is 14.8. The lowest BCUT2D eigenvalue weighted by Gasteiger charge is -2.11. The van der Waals surface area contributed by atoms with Crippen LogP contribution in [-0.4, -0.2) is 60.7 Å². The number of imidazole rings is 1. The number of rotatable bonds is 10. The summed E-state index contributed by atoms with van der Waals surface area (Å²) in [4.78, 5) is 24.0. The van der Waals surface area contributed by atoms with Crippen molar-refractivity contribution in [3.63, 3.8) is 0 Å². The number of benzene rings is 2. The van der Waals surface area contributed by atoms with Gasteiger partial charge >= 0.3 is 0 Å². The molecule has 0 saturated carbocycles. The Balaban J connectivity index is 1.21. The lowest BCUT2D eigenvalue weighted by Crippen LogP contribution is -2.13. The first-order valence-corrected chi connectivity index (χ1v) is 15.0. The van der Waals surface area contributed by atoms with Crippen LogP contribution in [0.3, 0.4) is 0 Å². The van der Waals surface area contributed by atoms with Crippen LogP contribution in [0.5, 0.6) is 0 Å². The molecule has 7 aromatic rings. The maximum Gasteiger partial charge on any atom is 0.161 e. The van der Waals surface area contributed by atoms with E-state index in [0.717, 1.165) is 69.5 Å². The van der Waals surface area contributed by atoms with Crippen LogP contribution in [0.15, 0.2) is 98.1 Å². The van der Waals surface area contributed by atoms with Crippen molar-refractivity contribution in [1.29, 1.82) is 0 Å². The van der Waals surface area contributed by atoms with E-state index in [0.29, 0.717) is 28.3 Å². The summed E-state index contributed by atoms with van der Waals surface area (Å²) in [7, 11) is 4.08. The monoisotopic (exact) mass is 609 g/mol. The number of aromatic nitrogens is 7. The summed E-state index contributed by atoms with van der Waals surface area (Å²) < 4.78 is 14.8. The van der Waals surface area contributed by atoms with Crippen LogP contribution in [0, 0.1) is 5.82 Å². The minimum absolute atomic E-state index is 0.270. The van der Waals surface area contributed by atoms with E-state index in [1.807, 2.05) is 68.7 Å². The van der Waals surface area contributed by atoms with E-state index in [9.17, 15) is 4.39 Å². The number of hydrogen-bond acceptors (Lipinski definition) is 7. The van der Waals surface area contributed by atoms with Crippen LogP contribution in [0.2, 0.25) is 0 Å². The number of hydrogen-bond donors (Lipinski definition) is 3. The highest BCUT2D eigenvalue weighted by molar-refractivity contribution is 5.96. The largest absolute Gasteiger partial charge is 0.354 e. The Hall–Kier alpha value is -5.74. The summed E-state index contributed by atoms with van der Waals surface area (Å²) in [5.74, 6) is 0.267. The van der Waals surface area contributed by atoms with Gasteiger partial charge in [-0.1, -0.05) is 43.0 Å². The van der Waals surface area contributed by atoms with Crippen LogP contribution < -0.4 is 5.32 Å². The van der Waals surface area contributed by atoms with Gasteiger partial charge in [0.2, 0.25) is 0 Å². The molecule has 0 atom stereocenters. The molecule has 228 valence electrons. The zero-order valence-electron chi connectivity index (χ0n) is 25.5. The first-order valence-electron chi connectivity index (χ1n) is 15.0. The minimum atomic E-state index is -0.270. The van der Waals surface area contributed by atoms with Crippen LogP contribution in [0.25, 0.3) is 61.7 Å². The number of anilines is 1. The highest BCUT2D eigenvalue weighted by atomic mass is 19.1. The second-order valence-electron chi connectivity index (χ2n) is 11.5. The van der Waals surface area contributed by atoms with Gasteiger partial charge in [0.15, 0.2) is 17.1 Å². The van der Waals surface area contributed by atoms with Gasteiger partial charge < -0.3 is 15.2 Å². The molecule has 5 aromatic heterocycles. The minimum Gasteiger partial charge on any atom is -0.354 e. The summed E-state index contributed by atoms with van der Waals surface area (Å²) in [6.07, 6.45) is 8.78. The molecule has 0 aliphatic rings. The van der Waals surface area contributed by atoms with E-state index in [1.54, 1.807) is 36.9 Å². The number of halogens is 1. The van der Waals surface area contributed by atoms with Crippen molar-refractivity contribution in [3.8, 4) is 33.8 Å². The number of fused-ring (bicyclic) bond motifs is 2. The molecule has 2 aromatic carbocycles. The Morgan fingerprint density at radius 3 is 2.61 bits per heavy atom. The molecule has 3 N–H and O–H groups in total. The van der Waals surface area contributed by atoms with Crippen molar-refractivity contribution < 1.29 is 4.39 Å². The Kier molecular flexibility index (Phi) is 7.78. The molecule has 0 aliphatic carbocycles. The van der Waals surface area contributed by atoms with Gasteiger partial charge in [-0.05, 0) is 80.5 Å². The van der Waals surface area contributed by atoms with Crippen LogP contribution in [0.1, 0.15) is 17.5 Å². The van der Waals surface area contributed by atoms with Gasteiger partial charge in [-0.2, -0.15) is 5.10 Å². The third-order valence-electron chi connectivity index (χ3n) is 7.85. The molecule has 0 fully saturated rings. The number of aryl methyl sites for hydroxylation is 1. The van der Waals surface area contributed by atoms with Gasteiger partial charge in [0.05, 0.1) is 17.3 Å². The molecule has 7 rings (SSSR count). The van der Waals surface area contributed by atoms with E-state index < -0.39 is 0 Å². The van der Waals surface area contributed by atoms with Crippen LogP contribution in [0.4, 0.5) is 10.1 Å². The molecule has 0 aliphatic heterocycles. The second-order valence-corrected chi connectivity index (χ2v) is 11.5. The fourth-order valence-electron chi connectivity index (χ4n) is 5.60. The number of nitrogens with one attached hydrogen (secondary N) is 3. The van der Waals surface area contributed by atoms with E-state index in [1.165, 1.54) is 0 Å². The molecule has 0 spiro atoms. The fraction of sp³-hybridized carbons (Fsp3) is 0.139. The molecule has 0 bridgehead atoms. The van der Waals surface area contributed by atoms with Crippen molar-refractivity contribution >= 4 is 33.6 Å². The SMILES string of the molecule is C=C(Nc1cncc(-c2cnc3[nH]nc(-c4nc5c(-c6cc(F)cc(CCCN(C)C)c6)ccnc5[nH]4)c3c2)c1)c1ccccc1. The predicted octanol–water partition coefficient (Wildman–Crippen LogP) is 7.34. The summed E-state index contributed by atoms with van der Waals surface area (Å²) in [5, 5.41) is 11.7. The van der Waals surface area contributed by atoms with Crippen molar-refractivity contribution in [3.05, 3.63) is 115 Å².